The maximum atomic E-state index is 12.7. The van der Waals surface area contributed by atoms with E-state index in [-0.39, 0.29) is 23.7 Å². The van der Waals surface area contributed by atoms with Crippen LogP contribution in [0.2, 0.25) is 0 Å². The fraction of sp³-hybridized carbons (Fsp3) is 0.160. The number of hydrogen-bond donors (Lipinski definition) is 0. The molecule has 3 rings (SSSR count). The standard InChI is InChI=1S/C25H20I2O6/c1-2-3-14-31-25(30)21-15-20(32-23(28)16-4-8-18(26)9-5-16)12-13-22(21)33-24(29)17-6-10-19(27)11-7-17/h4-13,15H,2-3,14H2,1H3. The van der Waals surface area contributed by atoms with Crippen LogP contribution in [-0.4, -0.2) is 24.5 Å². The highest BCUT2D eigenvalue weighted by atomic mass is 127. The number of halogens is 2. The van der Waals surface area contributed by atoms with Crippen molar-refractivity contribution < 1.29 is 28.6 Å². The van der Waals surface area contributed by atoms with Gasteiger partial charge in [-0.05, 0) is 118 Å². The van der Waals surface area contributed by atoms with Crippen LogP contribution >= 0.6 is 45.2 Å². The van der Waals surface area contributed by atoms with Crippen molar-refractivity contribution in [2.45, 2.75) is 19.8 Å². The predicted molar refractivity (Wildman–Crippen MR) is 140 cm³/mol. The summed E-state index contributed by atoms with van der Waals surface area (Å²) in [5.74, 6) is -1.69. The molecule has 0 fully saturated rings. The minimum absolute atomic E-state index is 0.00197. The molecule has 0 aliphatic carbocycles. The topological polar surface area (TPSA) is 78.9 Å². The maximum absolute atomic E-state index is 12.7. The Balaban J connectivity index is 1.84. The Hall–Kier alpha value is -2.47. The Morgan fingerprint density at radius 1 is 0.727 bits per heavy atom. The van der Waals surface area contributed by atoms with E-state index >= 15 is 0 Å². The van der Waals surface area contributed by atoms with E-state index in [2.05, 4.69) is 45.2 Å². The Morgan fingerprint density at radius 3 is 1.82 bits per heavy atom. The summed E-state index contributed by atoms with van der Waals surface area (Å²) in [7, 11) is 0. The lowest BCUT2D eigenvalue weighted by atomic mass is 10.1. The van der Waals surface area contributed by atoms with E-state index in [1.54, 1.807) is 48.5 Å². The number of ether oxygens (including phenoxy) is 3. The molecule has 8 heteroatoms. The van der Waals surface area contributed by atoms with E-state index < -0.39 is 17.9 Å². The van der Waals surface area contributed by atoms with Crippen LogP contribution < -0.4 is 9.47 Å². The third-order valence-electron chi connectivity index (χ3n) is 4.48. The van der Waals surface area contributed by atoms with Gasteiger partial charge in [-0.25, -0.2) is 14.4 Å². The number of hydrogen-bond acceptors (Lipinski definition) is 6. The summed E-state index contributed by atoms with van der Waals surface area (Å²) in [6.07, 6.45) is 1.56. The van der Waals surface area contributed by atoms with E-state index in [4.69, 9.17) is 14.2 Å². The van der Waals surface area contributed by atoms with Gasteiger partial charge in [0.2, 0.25) is 0 Å². The van der Waals surface area contributed by atoms with E-state index in [0.29, 0.717) is 17.5 Å². The van der Waals surface area contributed by atoms with Gasteiger partial charge in [0.25, 0.3) is 0 Å². The average Bonchev–Trinajstić information content (AvgIpc) is 2.81. The lowest BCUT2D eigenvalue weighted by Gasteiger charge is -2.12. The first-order chi connectivity index (χ1) is 15.9. The van der Waals surface area contributed by atoms with E-state index in [1.807, 2.05) is 6.92 Å². The lowest BCUT2D eigenvalue weighted by molar-refractivity contribution is 0.0492. The lowest BCUT2D eigenvalue weighted by Crippen LogP contribution is -2.14. The van der Waals surface area contributed by atoms with Gasteiger partial charge in [-0.1, -0.05) is 13.3 Å². The van der Waals surface area contributed by atoms with Crippen molar-refractivity contribution in [3.63, 3.8) is 0 Å². The first-order valence-corrected chi connectivity index (χ1v) is 12.3. The second-order valence-electron chi connectivity index (χ2n) is 6.94. The Bertz CT molecular complexity index is 1140. The summed E-state index contributed by atoms with van der Waals surface area (Å²) in [6.45, 7) is 2.21. The molecule has 0 heterocycles. The normalized spacial score (nSPS) is 10.4. The fourth-order valence-electron chi connectivity index (χ4n) is 2.70. The molecule has 0 spiro atoms. The molecule has 0 saturated carbocycles. The first kappa shape index (κ1) is 25.2. The van der Waals surface area contributed by atoms with Crippen LogP contribution in [-0.2, 0) is 4.74 Å². The smallest absolute Gasteiger partial charge is 0.343 e. The van der Waals surface area contributed by atoms with Crippen molar-refractivity contribution in [2.24, 2.45) is 0 Å². The summed E-state index contributed by atoms with van der Waals surface area (Å²) in [5.41, 5.74) is 0.713. The summed E-state index contributed by atoms with van der Waals surface area (Å²) in [6, 6.07) is 18.0. The number of carbonyl (C=O) groups is 3. The Morgan fingerprint density at radius 2 is 1.27 bits per heavy atom. The number of carbonyl (C=O) groups excluding carboxylic acids is 3. The zero-order valence-corrected chi connectivity index (χ0v) is 22.0. The molecule has 0 amide bonds. The van der Waals surface area contributed by atoms with Crippen molar-refractivity contribution in [1.82, 2.24) is 0 Å². The third-order valence-corrected chi connectivity index (χ3v) is 5.91. The molecule has 0 bridgehead atoms. The van der Waals surface area contributed by atoms with Gasteiger partial charge >= 0.3 is 17.9 Å². The molecule has 0 saturated heterocycles. The first-order valence-electron chi connectivity index (χ1n) is 10.1. The van der Waals surface area contributed by atoms with Crippen molar-refractivity contribution in [3.05, 3.63) is 90.6 Å². The number of unbranched alkanes of at least 4 members (excludes halogenated alkanes) is 1. The maximum Gasteiger partial charge on any atom is 0.343 e. The van der Waals surface area contributed by atoms with Crippen molar-refractivity contribution in [2.75, 3.05) is 6.61 Å². The third kappa shape index (κ3) is 7.26. The van der Waals surface area contributed by atoms with E-state index in [9.17, 15) is 14.4 Å². The van der Waals surface area contributed by atoms with E-state index in [0.717, 1.165) is 13.6 Å². The van der Waals surface area contributed by atoms with Crippen LogP contribution in [0.3, 0.4) is 0 Å². The molecule has 0 atom stereocenters. The van der Waals surface area contributed by atoms with Gasteiger partial charge < -0.3 is 14.2 Å². The van der Waals surface area contributed by atoms with Gasteiger partial charge in [0.05, 0.1) is 17.7 Å². The van der Waals surface area contributed by atoms with Crippen molar-refractivity contribution >= 4 is 63.1 Å². The van der Waals surface area contributed by atoms with Crippen molar-refractivity contribution in [3.8, 4) is 11.5 Å². The molecular formula is C25H20I2O6. The zero-order chi connectivity index (χ0) is 23.8. The Labute approximate surface area is 218 Å². The van der Waals surface area contributed by atoms with Crippen LogP contribution in [0.15, 0.2) is 66.7 Å². The van der Waals surface area contributed by atoms with E-state index in [1.165, 1.54) is 18.2 Å². The van der Waals surface area contributed by atoms with Gasteiger partial charge in [0.15, 0.2) is 0 Å². The Kier molecular flexibility index (Phi) is 9.24. The predicted octanol–water partition coefficient (Wildman–Crippen LogP) is 6.29. The summed E-state index contributed by atoms with van der Waals surface area (Å²) >= 11 is 4.28. The van der Waals surface area contributed by atoms with Gasteiger partial charge in [-0.2, -0.15) is 0 Å². The highest BCUT2D eigenvalue weighted by Crippen LogP contribution is 2.27. The fourth-order valence-corrected chi connectivity index (χ4v) is 3.42. The molecule has 0 unspecified atom stereocenters. The molecular weight excluding hydrogens is 650 g/mol. The highest BCUT2D eigenvalue weighted by Gasteiger charge is 2.20. The quantitative estimate of drug-likeness (QED) is 0.121. The van der Waals surface area contributed by atoms with Crippen LogP contribution in [0.1, 0.15) is 50.8 Å². The number of benzene rings is 3. The molecule has 0 aliphatic heterocycles. The molecule has 0 radical (unpaired) electrons. The molecule has 33 heavy (non-hydrogen) atoms. The van der Waals surface area contributed by atoms with Crippen LogP contribution in [0.25, 0.3) is 0 Å². The van der Waals surface area contributed by atoms with Crippen molar-refractivity contribution in [1.29, 1.82) is 0 Å². The average molecular weight is 670 g/mol. The second kappa shape index (κ2) is 12.1. The monoisotopic (exact) mass is 670 g/mol. The van der Waals surface area contributed by atoms with Gasteiger partial charge in [0.1, 0.15) is 17.1 Å². The summed E-state index contributed by atoms with van der Waals surface area (Å²) in [5, 5.41) is 0. The molecule has 0 aromatic heterocycles. The molecule has 3 aromatic carbocycles. The van der Waals surface area contributed by atoms with Gasteiger partial charge in [0, 0.05) is 7.14 Å². The van der Waals surface area contributed by atoms with Gasteiger partial charge in [-0.15, -0.1) is 0 Å². The van der Waals surface area contributed by atoms with Crippen LogP contribution in [0, 0.1) is 7.14 Å². The van der Waals surface area contributed by atoms with Crippen LogP contribution in [0.4, 0.5) is 0 Å². The molecule has 6 nitrogen and oxygen atoms in total. The second-order valence-corrected chi connectivity index (χ2v) is 9.43. The van der Waals surface area contributed by atoms with Crippen LogP contribution in [0.5, 0.6) is 11.5 Å². The minimum atomic E-state index is -0.666. The van der Waals surface area contributed by atoms with Gasteiger partial charge in [-0.3, -0.25) is 0 Å². The largest absolute Gasteiger partial charge is 0.462 e. The molecule has 0 N–H and O–H groups in total. The number of esters is 3. The molecule has 0 aliphatic rings. The summed E-state index contributed by atoms with van der Waals surface area (Å²) in [4.78, 5) is 37.7. The minimum Gasteiger partial charge on any atom is -0.462 e. The SMILES string of the molecule is CCCCOC(=O)c1cc(OC(=O)c2ccc(I)cc2)ccc1OC(=O)c1ccc(I)cc1. The summed E-state index contributed by atoms with van der Waals surface area (Å²) < 4.78 is 18.2. The number of rotatable bonds is 8. The highest BCUT2D eigenvalue weighted by molar-refractivity contribution is 14.1. The molecule has 3 aromatic rings. The zero-order valence-electron chi connectivity index (χ0n) is 17.7. The molecule has 170 valence electrons.